The molecule has 0 amide bonds. The van der Waals surface area contributed by atoms with Crippen LogP contribution < -0.4 is 5.32 Å². The Bertz CT molecular complexity index is 430. The molecule has 0 aromatic carbocycles. The Hall–Kier alpha value is -0.650. The molecule has 2 rings (SSSR count). The van der Waals surface area contributed by atoms with Crippen molar-refractivity contribution in [1.29, 1.82) is 0 Å². The van der Waals surface area contributed by atoms with Gasteiger partial charge in [0.15, 0.2) is 0 Å². The number of rotatable bonds is 4. The van der Waals surface area contributed by atoms with Gasteiger partial charge in [-0.3, -0.25) is 4.68 Å². The normalized spacial score (nSPS) is 12.9. The monoisotopic (exact) mass is 299 g/mol. The molecule has 0 radical (unpaired) electrons. The quantitative estimate of drug-likeness (QED) is 0.941. The average molecular weight is 300 g/mol. The Morgan fingerprint density at radius 2 is 2.44 bits per heavy atom. The van der Waals surface area contributed by atoms with E-state index in [1.54, 1.807) is 11.3 Å². The maximum Gasteiger partial charge on any atom is 0.0853 e. The van der Waals surface area contributed by atoms with E-state index in [1.165, 1.54) is 10.6 Å². The van der Waals surface area contributed by atoms with Crippen LogP contribution in [0, 0.1) is 0 Å². The van der Waals surface area contributed by atoms with E-state index >= 15 is 0 Å². The highest BCUT2D eigenvalue weighted by molar-refractivity contribution is 9.10. The van der Waals surface area contributed by atoms with E-state index in [-0.39, 0.29) is 6.04 Å². The number of aryl methyl sites for hydroxylation is 1. The van der Waals surface area contributed by atoms with Gasteiger partial charge in [-0.15, -0.1) is 11.3 Å². The van der Waals surface area contributed by atoms with Crippen molar-refractivity contribution in [3.8, 4) is 0 Å². The first kappa shape index (κ1) is 11.8. The molecule has 1 atom stereocenters. The zero-order chi connectivity index (χ0) is 11.5. The fourth-order valence-electron chi connectivity index (χ4n) is 1.74. The smallest absolute Gasteiger partial charge is 0.0853 e. The number of aromatic nitrogens is 2. The third-order valence-corrected chi connectivity index (χ3v) is 4.00. The number of halogens is 1. The molecular formula is C11H14BrN3S. The van der Waals surface area contributed by atoms with Crippen LogP contribution in [0.5, 0.6) is 0 Å². The van der Waals surface area contributed by atoms with Crippen molar-refractivity contribution in [2.75, 3.05) is 6.54 Å². The number of nitrogens with zero attached hydrogens (tertiary/aromatic N) is 2. The summed E-state index contributed by atoms with van der Waals surface area (Å²) in [5.41, 5.74) is 1.17. The molecule has 1 unspecified atom stereocenters. The second kappa shape index (κ2) is 5.12. The Morgan fingerprint density at radius 3 is 2.94 bits per heavy atom. The number of hydrogen-bond donors (Lipinski definition) is 1. The first-order valence-corrected chi connectivity index (χ1v) is 6.85. The molecule has 3 nitrogen and oxygen atoms in total. The molecule has 0 aliphatic rings. The minimum Gasteiger partial charge on any atom is -0.305 e. The summed E-state index contributed by atoms with van der Waals surface area (Å²) in [7, 11) is 1.97. The van der Waals surface area contributed by atoms with Crippen LogP contribution in [-0.2, 0) is 7.05 Å². The highest BCUT2D eigenvalue weighted by atomic mass is 79.9. The molecule has 0 saturated heterocycles. The summed E-state index contributed by atoms with van der Waals surface area (Å²) in [6, 6.07) is 4.44. The van der Waals surface area contributed by atoms with Crippen molar-refractivity contribution >= 4 is 27.3 Å². The molecule has 16 heavy (non-hydrogen) atoms. The summed E-state index contributed by atoms with van der Waals surface area (Å²) in [4.78, 5) is 1.31. The van der Waals surface area contributed by atoms with E-state index in [9.17, 15) is 0 Å². The Morgan fingerprint density at radius 1 is 1.62 bits per heavy atom. The van der Waals surface area contributed by atoms with E-state index in [4.69, 9.17) is 0 Å². The van der Waals surface area contributed by atoms with Crippen LogP contribution in [0.3, 0.4) is 0 Å². The van der Waals surface area contributed by atoms with E-state index in [1.807, 2.05) is 17.9 Å². The summed E-state index contributed by atoms with van der Waals surface area (Å²) >= 11 is 5.32. The van der Waals surface area contributed by atoms with Gasteiger partial charge in [0.2, 0.25) is 0 Å². The lowest BCUT2D eigenvalue weighted by Crippen LogP contribution is -2.23. The predicted octanol–water partition coefficient (Wildman–Crippen LogP) is 2.94. The zero-order valence-corrected chi connectivity index (χ0v) is 11.7. The molecule has 86 valence electrons. The number of nitrogens with one attached hydrogen (secondary N) is 1. The second-order valence-corrected chi connectivity index (χ2v) is 5.34. The van der Waals surface area contributed by atoms with Gasteiger partial charge in [0.05, 0.1) is 22.4 Å². The summed E-state index contributed by atoms with van der Waals surface area (Å²) in [6.07, 6.45) is 1.84. The minimum atomic E-state index is 0.215. The van der Waals surface area contributed by atoms with Crippen molar-refractivity contribution in [3.63, 3.8) is 0 Å². The molecule has 0 bridgehead atoms. The van der Waals surface area contributed by atoms with Crippen molar-refractivity contribution in [1.82, 2.24) is 15.1 Å². The average Bonchev–Trinajstić information content (AvgIpc) is 2.87. The lowest BCUT2D eigenvalue weighted by atomic mass is 10.1. The van der Waals surface area contributed by atoms with Crippen LogP contribution in [0.25, 0.3) is 0 Å². The first-order valence-electron chi connectivity index (χ1n) is 5.18. The second-order valence-electron chi connectivity index (χ2n) is 3.51. The van der Waals surface area contributed by atoms with Gasteiger partial charge in [0.1, 0.15) is 0 Å². The molecule has 0 spiro atoms. The van der Waals surface area contributed by atoms with Gasteiger partial charge in [-0.1, -0.05) is 13.0 Å². The van der Waals surface area contributed by atoms with Crippen LogP contribution in [-0.4, -0.2) is 16.3 Å². The van der Waals surface area contributed by atoms with Crippen molar-refractivity contribution in [2.24, 2.45) is 7.05 Å². The van der Waals surface area contributed by atoms with Crippen LogP contribution in [0.4, 0.5) is 0 Å². The fourth-order valence-corrected chi connectivity index (χ4v) is 3.12. The molecule has 5 heteroatoms. The number of thiophene rings is 1. The van der Waals surface area contributed by atoms with Gasteiger partial charge >= 0.3 is 0 Å². The van der Waals surface area contributed by atoms with Gasteiger partial charge in [-0.05, 0) is 33.9 Å². The zero-order valence-electron chi connectivity index (χ0n) is 9.27. The van der Waals surface area contributed by atoms with Crippen molar-refractivity contribution in [3.05, 3.63) is 38.8 Å². The third-order valence-electron chi connectivity index (χ3n) is 2.45. The number of hydrogen-bond acceptors (Lipinski definition) is 3. The van der Waals surface area contributed by atoms with Crippen molar-refractivity contribution in [2.45, 2.75) is 13.0 Å². The molecule has 2 heterocycles. The summed E-state index contributed by atoms with van der Waals surface area (Å²) in [5, 5.41) is 9.85. The molecular weight excluding hydrogens is 286 g/mol. The standard InChI is InChI=1S/C11H14BrN3S/c1-3-13-10(9-5-4-6-16-9)11-8(12)7-14-15(11)2/h4-7,10,13H,3H2,1-2H3. The molecule has 0 fully saturated rings. The Labute approximate surface area is 108 Å². The molecule has 0 aliphatic heterocycles. The first-order chi connectivity index (χ1) is 7.74. The largest absolute Gasteiger partial charge is 0.305 e. The summed E-state index contributed by atoms with van der Waals surface area (Å²) in [5.74, 6) is 0. The van der Waals surface area contributed by atoms with E-state index in [0.717, 1.165) is 11.0 Å². The Kier molecular flexibility index (Phi) is 3.78. The van der Waals surface area contributed by atoms with Gasteiger partial charge in [-0.25, -0.2) is 0 Å². The summed E-state index contributed by atoms with van der Waals surface area (Å²) in [6.45, 7) is 3.05. The maximum absolute atomic E-state index is 4.26. The SMILES string of the molecule is CCNC(c1cccs1)c1c(Br)cnn1C. The van der Waals surface area contributed by atoms with Gasteiger partial charge < -0.3 is 5.32 Å². The van der Waals surface area contributed by atoms with Gasteiger partial charge in [0, 0.05) is 11.9 Å². The highest BCUT2D eigenvalue weighted by Crippen LogP contribution is 2.30. The third kappa shape index (κ3) is 2.21. The minimum absolute atomic E-state index is 0.215. The maximum atomic E-state index is 4.26. The van der Waals surface area contributed by atoms with Crippen LogP contribution >= 0.6 is 27.3 Å². The molecule has 2 aromatic rings. The Balaban J connectivity index is 2.40. The topological polar surface area (TPSA) is 29.9 Å². The van der Waals surface area contributed by atoms with Crippen LogP contribution in [0.15, 0.2) is 28.2 Å². The molecule has 1 N–H and O–H groups in total. The van der Waals surface area contributed by atoms with Crippen LogP contribution in [0.1, 0.15) is 23.5 Å². The molecule has 0 aliphatic carbocycles. The van der Waals surface area contributed by atoms with Crippen molar-refractivity contribution < 1.29 is 0 Å². The van der Waals surface area contributed by atoms with E-state index < -0.39 is 0 Å². The van der Waals surface area contributed by atoms with E-state index in [2.05, 4.69) is 50.8 Å². The summed E-state index contributed by atoms with van der Waals surface area (Å²) < 4.78 is 2.96. The van der Waals surface area contributed by atoms with Gasteiger partial charge in [-0.2, -0.15) is 5.10 Å². The fraction of sp³-hybridized carbons (Fsp3) is 0.364. The van der Waals surface area contributed by atoms with Crippen LogP contribution in [0.2, 0.25) is 0 Å². The molecule has 0 saturated carbocycles. The molecule has 2 aromatic heterocycles. The lowest BCUT2D eigenvalue weighted by Gasteiger charge is -2.17. The lowest BCUT2D eigenvalue weighted by molar-refractivity contribution is 0.577. The van der Waals surface area contributed by atoms with E-state index in [0.29, 0.717) is 0 Å². The van der Waals surface area contributed by atoms with Gasteiger partial charge in [0.25, 0.3) is 0 Å². The highest BCUT2D eigenvalue weighted by Gasteiger charge is 2.20. The predicted molar refractivity (Wildman–Crippen MR) is 70.7 cm³/mol.